The maximum Gasteiger partial charge on any atom is 0.345 e. The molecule has 0 aromatic carbocycles. The van der Waals surface area contributed by atoms with Crippen molar-refractivity contribution in [2.75, 3.05) is 13.7 Å². The standard InChI is InChI=1S/C12H12N2O4/c1-3-18-12(16)9-7-13-10-6-8(17-2)4-5-14(10)11(9)15/h4-7H,3H2,1-2H3. The van der Waals surface area contributed by atoms with Gasteiger partial charge in [0.05, 0.1) is 13.7 Å². The molecule has 0 atom stereocenters. The van der Waals surface area contributed by atoms with E-state index < -0.39 is 11.5 Å². The lowest BCUT2D eigenvalue weighted by molar-refractivity contribution is 0.0523. The van der Waals surface area contributed by atoms with Crippen molar-refractivity contribution in [3.05, 3.63) is 40.4 Å². The van der Waals surface area contributed by atoms with Crippen molar-refractivity contribution in [1.82, 2.24) is 9.38 Å². The van der Waals surface area contributed by atoms with Gasteiger partial charge in [-0.15, -0.1) is 0 Å². The minimum atomic E-state index is -0.666. The van der Waals surface area contributed by atoms with E-state index in [9.17, 15) is 9.59 Å². The Labute approximate surface area is 103 Å². The van der Waals surface area contributed by atoms with Crippen LogP contribution in [0.5, 0.6) is 5.75 Å². The zero-order valence-corrected chi connectivity index (χ0v) is 10.0. The fourth-order valence-corrected chi connectivity index (χ4v) is 1.53. The Balaban J connectivity index is 2.58. The van der Waals surface area contributed by atoms with Crippen LogP contribution in [0.25, 0.3) is 5.65 Å². The number of hydrogen-bond acceptors (Lipinski definition) is 5. The molecular formula is C12H12N2O4. The Morgan fingerprint density at radius 2 is 2.28 bits per heavy atom. The van der Waals surface area contributed by atoms with Crippen LogP contribution in [0.4, 0.5) is 0 Å². The number of nitrogens with zero attached hydrogens (tertiary/aromatic N) is 2. The summed E-state index contributed by atoms with van der Waals surface area (Å²) >= 11 is 0. The summed E-state index contributed by atoms with van der Waals surface area (Å²) in [4.78, 5) is 27.6. The van der Waals surface area contributed by atoms with E-state index in [2.05, 4.69) is 4.98 Å². The minimum Gasteiger partial charge on any atom is -0.497 e. The number of hydrogen-bond donors (Lipinski definition) is 0. The predicted octanol–water partition coefficient (Wildman–Crippen LogP) is 0.880. The highest BCUT2D eigenvalue weighted by Gasteiger charge is 2.14. The molecule has 0 fully saturated rings. The Morgan fingerprint density at radius 1 is 1.50 bits per heavy atom. The Morgan fingerprint density at radius 3 is 2.94 bits per heavy atom. The topological polar surface area (TPSA) is 69.9 Å². The number of fused-ring (bicyclic) bond motifs is 1. The molecule has 2 rings (SSSR count). The van der Waals surface area contributed by atoms with Gasteiger partial charge < -0.3 is 9.47 Å². The quantitative estimate of drug-likeness (QED) is 0.754. The van der Waals surface area contributed by atoms with Crippen molar-refractivity contribution in [1.29, 1.82) is 0 Å². The second-order valence-electron chi connectivity index (χ2n) is 3.49. The lowest BCUT2D eigenvalue weighted by Crippen LogP contribution is -2.24. The van der Waals surface area contributed by atoms with Crippen LogP contribution in [0, 0.1) is 0 Å². The van der Waals surface area contributed by atoms with Gasteiger partial charge >= 0.3 is 5.97 Å². The fraction of sp³-hybridized carbons (Fsp3) is 0.250. The first kappa shape index (κ1) is 12.1. The van der Waals surface area contributed by atoms with E-state index in [1.807, 2.05) is 0 Å². The molecule has 6 nitrogen and oxygen atoms in total. The van der Waals surface area contributed by atoms with Crippen LogP contribution in [0.15, 0.2) is 29.3 Å². The van der Waals surface area contributed by atoms with E-state index in [4.69, 9.17) is 9.47 Å². The van der Waals surface area contributed by atoms with E-state index in [-0.39, 0.29) is 12.2 Å². The van der Waals surface area contributed by atoms with E-state index in [1.54, 1.807) is 19.1 Å². The number of aromatic nitrogens is 2. The molecule has 94 valence electrons. The predicted molar refractivity (Wildman–Crippen MR) is 64.0 cm³/mol. The van der Waals surface area contributed by atoms with Gasteiger partial charge in [-0.25, -0.2) is 9.78 Å². The molecule has 0 saturated heterocycles. The van der Waals surface area contributed by atoms with Gasteiger partial charge in [0.15, 0.2) is 0 Å². The van der Waals surface area contributed by atoms with Crippen LogP contribution in [0.2, 0.25) is 0 Å². The Hall–Kier alpha value is -2.37. The van der Waals surface area contributed by atoms with Gasteiger partial charge in [0.2, 0.25) is 0 Å². The summed E-state index contributed by atoms with van der Waals surface area (Å²) in [6, 6.07) is 3.22. The largest absolute Gasteiger partial charge is 0.497 e. The Bertz CT molecular complexity index is 648. The number of methoxy groups -OCH3 is 1. The molecule has 0 aliphatic rings. The molecule has 6 heteroatoms. The van der Waals surface area contributed by atoms with Crippen molar-refractivity contribution in [2.24, 2.45) is 0 Å². The molecule has 0 spiro atoms. The third kappa shape index (κ3) is 2.04. The molecular weight excluding hydrogens is 236 g/mol. The van der Waals surface area contributed by atoms with Crippen molar-refractivity contribution >= 4 is 11.6 Å². The summed E-state index contributed by atoms with van der Waals surface area (Å²) < 4.78 is 11.1. The molecule has 0 amide bonds. The number of pyridine rings is 1. The average molecular weight is 248 g/mol. The Kier molecular flexibility index (Phi) is 3.27. The van der Waals surface area contributed by atoms with Gasteiger partial charge in [-0.3, -0.25) is 9.20 Å². The third-order valence-electron chi connectivity index (χ3n) is 2.41. The normalized spacial score (nSPS) is 10.3. The number of ether oxygens (including phenoxy) is 2. The van der Waals surface area contributed by atoms with Crippen LogP contribution in [-0.4, -0.2) is 29.1 Å². The second-order valence-corrected chi connectivity index (χ2v) is 3.49. The van der Waals surface area contributed by atoms with Gasteiger partial charge in [-0.1, -0.05) is 0 Å². The van der Waals surface area contributed by atoms with Crippen LogP contribution >= 0.6 is 0 Å². The van der Waals surface area contributed by atoms with Crippen LogP contribution in [0.3, 0.4) is 0 Å². The number of carbonyl (C=O) groups excluding carboxylic acids is 1. The maximum absolute atomic E-state index is 12.0. The summed E-state index contributed by atoms with van der Waals surface area (Å²) in [7, 11) is 1.52. The highest BCUT2D eigenvalue weighted by molar-refractivity contribution is 5.88. The van der Waals surface area contributed by atoms with E-state index >= 15 is 0 Å². The molecule has 18 heavy (non-hydrogen) atoms. The first-order chi connectivity index (χ1) is 8.67. The zero-order chi connectivity index (χ0) is 13.1. The van der Waals surface area contributed by atoms with E-state index in [0.29, 0.717) is 11.4 Å². The molecule has 2 aromatic heterocycles. The first-order valence-electron chi connectivity index (χ1n) is 5.40. The SMILES string of the molecule is CCOC(=O)c1cnc2cc(OC)ccn2c1=O. The van der Waals surface area contributed by atoms with Gasteiger partial charge in [0, 0.05) is 18.5 Å². The second kappa shape index (κ2) is 4.87. The number of rotatable bonds is 3. The lowest BCUT2D eigenvalue weighted by Gasteiger charge is -2.05. The van der Waals surface area contributed by atoms with Crippen molar-refractivity contribution in [3.8, 4) is 5.75 Å². The lowest BCUT2D eigenvalue weighted by atomic mass is 10.3. The molecule has 0 radical (unpaired) electrons. The van der Waals surface area contributed by atoms with Gasteiger partial charge in [-0.05, 0) is 13.0 Å². The highest BCUT2D eigenvalue weighted by Crippen LogP contribution is 2.11. The summed E-state index contributed by atoms with van der Waals surface area (Å²) in [5.74, 6) is -0.0778. The maximum atomic E-state index is 12.0. The van der Waals surface area contributed by atoms with Gasteiger partial charge in [0.25, 0.3) is 5.56 Å². The molecule has 0 aliphatic heterocycles. The fourth-order valence-electron chi connectivity index (χ4n) is 1.53. The van der Waals surface area contributed by atoms with Crippen LogP contribution in [0.1, 0.15) is 17.3 Å². The molecule has 2 heterocycles. The zero-order valence-electron chi connectivity index (χ0n) is 10.0. The van der Waals surface area contributed by atoms with Gasteiger partial charge in [0.1, 0.15) is 17.0 Å². The monoisotopic (exact) mass is 248 g/mol. The average Bonchev–Trinajstić information content (AvgIpc) is 2.38. The van der Waals surface area contributed by atoms with E-state index in [1.165, 1.54) is 23.9 Å². The molecule has 2 aromatic rings. The smallest absolute Gasteiger partial charge is 0.345 e. The van der Waals surface area contributed by atoms with E-state index in [0.717, 1.165) is 0 Å². The summed E-state index contributed by atoms with van der Waals surface area (Å²) in [6.07, 6.45) is 2.72. The van der Waals surface area contributed by atoms with Crippen molar-refractivity contribution in [3.63, 3.8) is 0 Å². The minimum absolute atomic E-state index is 0.0838. The highest BCUT2D eigenvalue weighted by atomic mass is 16.5. The number of esters is 1. The molecule has 0 saturated carbocycles. The first-order valence-corrected chi connectivity index (χ1v) is 5.40. The van der Waals surface area contributed by atoms with Gasteiger partial charge in [-0.2, -0.15) is 0 Å². The third-order valence-corrected chi connectivity index (χ3v) is 2.41. The van der Waals surface area contributed by atoms with Crippen molar-refractivity contribution in [2.45, 2.75) is 6.92 Å². The molecule has 0 N–H and O–H groups in total. The number of carbonyl (C=O) groups is 1. The molecule has 0 bridgehead atoms. The summed E-state index contributed by atoms with van der Waals surface area (Å²) in [6.45, 7) is 1.89. The van der Waals surface area contributed by atoms with Crippen LogP contribution in [-0.2, 0) is 4.74 Å². The van der Waals surface area contributed by atoms with Crippen LogP contribution < -0.4 is 10.3 Å². The van der Waals surface area contributed by atoms with Crippen molar-refractivity contribution < 1.29 is 14.3 Å². The molecule has 0 unspecified atom stereocenters. The summed E-state index contributed by atoms with van der Waals surface area (Å²) in [5.41, 5.74) is -0.131. The summed E-state index contributed by atoms with van der Waals surface area (Å²) in [5, 5.41) is 0. The molecule has 0 aliphatic carbocycles.